The van der Waals surface area contributed by atoms with Crippen molar-refractivity contribution < 1.29 is 13.2 Å². The molecular formula is C19H22F3N8P. The van der Waals surface area contributed by atoms with Crippen molar-refractivity contribution >= 4 is 32.7 Å². The van der Waals surface area contributed by atoms with E-state index in [4.69, 9.17) is 5.73 Å². The molecule has 2 aromatic heterocycles. The molecule has 12 heteroatoms. The molecule has 0 spiro atoms. The van der Waals surface area contributed by atoms with E-state index in [1.54, 1.807) is 6.08 Å². The average molecular weight is 450 g/mol. The van der Waals surface area contributed by atoms with Gasteiger partial charge >= 0.3 is 0 Å². The van der Waals surface area contributed by atoms with Gasteiger partial charge in [-0.25, -0.2) is 9.37 Å². The van der Waals surface area contributed by atoms with E-state index in [9.17, 15) is 13.2 Å². The zero-order chi connectivity index (χ0) is 22.8. The Morgan fingerprint density at radius 3 is 2.45 bits per heavy atom. The number of alkyl halides is 2. The highest BCUT2D eigenvalue weighted by Gasteiger charge is 2.29. The molecule has 0 aliphatic carbocycles. The van der Waals surface area contributed by atoms with Crippen LogP contribution in [0.25, 0.3) is 11.5 Å². The molecule has 0 saturated heterocycles. The van der Waals surface area contributed by atoms with E-state index in [2.05, 4.69) is 35.6 Å². The van der Waals surface area contributed by atoms with Crippen LogP contribution < -0.4 is 16.4 Å². The molecule has 0 bridgehead atoms. The molecule has 0 saturated carbocycles. The maximum Gasteiger partial charge on any atom is 0.300 e. The summed E-state index contributed by atoms with van der Waals surface area (Å²) in [6, 6.07) is 2.48. The highest BCUT2D eigenvalue weighted by Crippen LogP contribution is 2.28. The quantitative estimate of drug-likeness (QED) is 0.590. The second kappa shape index (κ2) is 8.58. The molecule has 164 valence electrons. The number of hydrogen-bond acceptors (Lipinski definition) is 8. The smallest absolute Gasteiger partial charge is 0.300 e. The first-order chi connectivity index (χ1) is 14.4. The molecule has 0 fully saturated rings. The van der Waals surface area contributed by atoms with Crippen molar-refractivity contribution in [1.29, 1.82) is 0 Å². The number of aliphatic imine (C=N–C) groups is 1. The fourth-order valence-electron chi connectivity index (χ4n) is 2.53. The Morgan fingerprint density at radius 2 is 1.77 bits per heavy atom. The molecule has 1 aliphatic rings. The van der Waals surface area contributed by atoms with Crippen molar-refractivity contribution in [2.45, 2.75) is 38.4 Å². The molecule has 31 heavy (non-hydrogen) atoms. The SMILES string of the molecule is CC(C)(C)Nc1nc(NC2=CC(C(F)(F)P)=NC=CC2)nc(-c2nc(N)ccc2F)n1. The minimum absolute atomic E-state index is 0.0216. The first-order valence-electron chi connectivity index (χ1n) is 9.25. The van der Waals surface area contributed by atoms with Crippen molar-refractivity contribution in [2.75, 3.05) is 16.4 Å². The molecule has 1 atom stereocenters. The molecule has 3 rings (SSSR count). The van der Waals surface area contributed by atoms with Crippen LogP contribution in [0.5, 0.6) is 0 Å². The number of allylic oxidation sites excluding steroid dienone is 2. The van der Waals surface area contributed by atoms with E-state index in [0.29, 0.717) is 5.70 Å². The predicted molar refractivity (Wildman–Crippen MR) is 118 cm³/mol. The van der Waals surface area contributed by atoms with Crippen LogP contribution in [0.3, 0.4) is 0 Å². The minimum atomic E-state index is -3.21. The lowest BCUT2D eigenvalue weighted by molar-refractivity contribution is 0.185. The Labute approximate surface area is 179 Å². The zero-order valence-corrected chi connectivity index (χ0v) is 18.3. The lowest BCUT2D eigenvalue weighted by atomic mass is 10.1. The monoisotopic (exact) mass is 450 g/mol. The van der Waals surface area contributed by atoms with E-state index in [0.717, 1.165) is 6.07 Å². The van der Waals surface area contributed by atoms with Crippen LogP contribution in [0.2, 0.25) is 0 Å². The highest BCUT2D eigenvalue weighted by atomic mass is 31.0. The van der Waals surface area contributed by atoms with E-state index in [1.165, 1.54) is 27.6 Å². The van der Waals surface area contributed by atoms with Gasteiger partial charge in [-0.3, -0.25) is 4.99 Å². The molecule has 8 nitrogen and oxygen atoms in total. The normalized spacial score (nSPS) is 14.5. The van der Waals surface area contributed by atoms with E-state index >= 15 is 0 Å². The Morgan fingerprint density at radius 1 is 1.06 bits per heavy atom. The fourth-order valence-corrected chi connectivity index (χ4v) is 2.69. The number of hydrogen-bond donors (Lipinski definition) is 3. The Hall–Kier alpha value is -3.07. The Bertz CT molecular complexity index is 1070. The Kier molecular flexibility index (Phi) is 6.26. The number of nitrogens with two attached hydrogens (primary N) is 1. The summed E-state index contributed by atoms with van der Waals surface area (Å²) in [4.78, 5) is 20.5. The molecule has 2 aromatic rings. The number of nitrogen functional groups attached to an aromatic ring is 1. The summed E-state index contributed by atoms with van der Waals surface area (Å²) in [7, 11) is 1.45. The average Bonchev–Trinajstić information content (AvgIpc) is 2.87. The molecule has 1 aliphatic heterocycles. The number of pyridine rings is 1. The molecular weight excluding hydrogens is 428 g/mol. The summed E-state index contributed by atoms with van der Waals surface area (Å²) >= 11 is 0. The van der Waals surface area contributed by atoms with Crippen molar-refractivity contribution in [3.8, 4) is 11.5 Å². The van der Waals surface area contributed by atoms with E-state index in [1.807, 2.05) is 20.8 Å². The van der Waals surface area contributed by atoms with Gasteiger partial charge in [0.1, 0.15) is 17.2 Å². The molecule has 4 N–H and O–H groups in total. The fraction of sp³-hybridized carbons (Fsp3) is 0.316. The molecule has 0 aromatic carbocycles. The first-order valence-corrected chi connectivity index (χ1v) is 9.83. The number of nitrogens with one attached hydrogen (secondary N) is 2. The lowest BCUT2D eigenvalue weighted by Crippen LogP contribution is -2.28. The summed E-state index contributed by atoms with van der Waals surface area (Å²) in [5, 5.41) is 5.98. The first kappa shape index (κ1) is 22.6. The van der Waals surface area contributed by atoms with Crippen LogP contribution in [0.1, 0.15) is 27.2 Å². The predicted octanol–water partition coefficient (Wildman–Crippen LogP) is 3.99. The number of rotatable bonds is 5. The van der Waals surface area contributed by atoms with Crippen molar-refractivity contribution in [1.82, 2.24) is 19.9 Å². The number of halogens is 3. The van der Waals surface area contributed by atoms with Gasteiger partial charge in [0.15, 0.2) is 11.6 Å². The van der Waals surface area contributed by atoms with Crippen LogP contribution in [-0.2, 0) is 0 Å². The third-order valence-corrected chi connectivity index (χ3v) is 4.08. The third-order valence-electron chi connectivity index (χ3n) is 3.78. The largest absolute Gasteiger partial charge is 0.384 e. The zero-order valence-electron chi connectivity index (χ0n) is 17.1. The molecule has 1 unspecified atom stereocenters. The van der Waals surface area contributed by atoms with Gasteiger partial charge in [-0.2, -0.15) is 23.7 Å². The molecule has 3 heterocycles. The van der Waals surface area contributed by atoms with Gasteiger partial charge in [-0.1, -0.05) is 15.3 Å². The van der Waals surface area contributed by atoms with Gasteiger partial charge in [0.2, 0.25) is 11.9 Å². The van der Waals surface area contributed by atoms with Gasteiger partial charge in [-0.15, -0.1) is 0 Å². The second-order valence-electron chi connectivity index (χ2n) is 7.77. The van der Waals surface area contributed by atoms with Crippen molar-refractivity contribution in [2.24, 2.45) is 4.99 Å². The second-order valence-corrected chi connectivity index (χ2v) is 8.49. The molecule has 0 amide bonds. The molecule has 0 radical (unpaired) electrons. The Balaban J connectivity index is 2.04. The van der Waals surface area contributed by atoms with E-state index < -0.39 is 22.7 Å². The third kappa shape index (κ3) is 6.21. The summed E-state index contributed by atoms with van der Waals surface area (Å²) in [6.07, 6.45) is 4.40. The summed E-state index contributed by atoms with van der Waals surface area (Å²) in [5.41, 5.74) is 1.83. The summed E-state index contributed by atoms with van der Waals surface area (Å²) < 4.78 is 41.8. The van der Waals surface area contributed by atoms with E-state index in [-0.39, 0.29) is 35.7 Å². The number of nitrogens with zero attached hydrogens (tertiary/aromatic N) is 5. The van der Waals surface area contributed by atoms with Gasteiger partial charge in [0.25, 0.3) is 5.66 Å². The topological polar surface area (TPSA) is 114 Å². The van der Waals surface area contributed by atoms with Gasteiger partial charge in [0.05, 0.1) is 0 Å². The maximum atomic E-state index is 14.4. The lowest BCUT2D eigenvalue weighted by Gasteiger charge is -2.21. The van der Waals surface area contributed by atoms with Gasteiger partial charge in [-0.05, 0) is 39.0 Å². The van der Waals surface area contributed by atoms with Crippen molar-refractivity contribution in [3.05, 3.63) is 42.0 Å². The minimum Gasteiger partial charge on any atom is -0.384 e. The van der Waals surface area contributed by atoms with Crippen LogP contribution in [0.4, 0.5) is 30.9 Å². The standard InChI is InChI=1S/C19H22F3N8P/c1-18(2,3)30-17-28-15(14-11(20)6-7-13(23)26-14)27-16(29-17)25-10-5-4-8-24-12(9-10)19(21,22)31/h4,6-9H,5,31H2,1-3H3,(H2,23,26)(H2,25,27,28,29,30). The number of aromatic nitrogens is 4. The van der Waals surface area contributed by atoms with Gasteiger partial charge < -0.3 is 16.4 Å². The van der Waals surface area contributed by atoms with Crippen LogP contribution in [0, 0.1) is 5.82 Å². The van der Waals surface area contributed by atoms with Crippen LogP contribution >= 0.6 is 9.24 Å². The van der Waals surface area contributed by atoms with Crippen LogP contribution in [0.15, 0.2) is 41.2 Å². The van der Waals surface area contributed by atoms with Crippen molar-refractivity contribution in [3.63, 3.8) is 0 Å². The highest BCUT2D eigenvalue weighted by molar-refractivity contribution is 7.20. The summed E-state index contributed by atoms with van der Waals surface area (Å²) in [5.74, 6) is -0.463. The summed E-state index contributed by atoms with van der Waals surface area (Å²) in [6.45, 7) is 5.68. The van der Waals surface area contributed by atoms with Crippen LogP contribution in [-0.4, -0.2) is 36.9 Å². The maximum absolute atomic E-state index is 14.4. The van der Waals surface area contributed by atoms with Gasteiger partial charge in [0, 0.05) is 23.9 Å². The number of anilines is 3.